The molecule has 2 aromatic rings. The average molecular weight is 242 g/mol. The van der Waals surface area contributed by atoms with Gasteiger partial charge in [0.05, 0.1) is 23.1 Å². The maximum Gasteiger partial charge on any atom is 0.101 e. The molecule has 0 atom stereocenters. The first-order valence-corrected chi connectivity index (χ1v) is 5.68. The fourth-order valence-electron chi connectivity index (χ4n) is 1.63. The molecule has 0 aliphatic heterocycles. The Labute approximate surface area is 105 Å². The Morgan fingerprint density at radius 3 is 3.06 bits per heavy atom. The molecule has 0 aliphatic rings. The highest BCUT2D eigenvalue weighted by atomic mass is 15.4. The number of nitrogen functional groups attached to an aromatic ring is 1. The van der Waals surface area contributed by atoms with Crippen molar-refractivity contribution in [2.45, 2.75) is 13.0 Å². The van der Waals surface area contributed by atoms with Crippen molar-refractivity contribution in [3.63, 3.8) is 0 Å². The third-order valence-corrected chi connectivity index (χ3v) is 2.58. The number of nitrogens with two attached hydrogens (primary N) is 1. The first-order valence-electron chi connectivity index (χ1n) is 5.68. The molecule has 6 nitrogen and oxygen atoms in total. The molecule has 0 radical (unpaired) electrons. The molecule has 1 aromatic heterocycles. The number of benzene rings is 1. The van der Waals surface area contributed by atoms with Gasteiger partial charge >= 0.3 is 0 Å². The van der Waals surface area contributed by atoms with Crippen LogP contribution in [0.4, 0.5) is 11.4 Å². The van der Waals surface area contributed by atoms with Crippen LogP contribution in [-0.4, -0.2) is 21.5 Å². The summed E-state index contributed by atoms with van der Waals surface area (Å²) in [6, 6.07) is 7.45. The minimum absolute atomic E-state index is 0.497. The zero-order valence-corrected chi connectivity index (χ0v) is 9.87. The molecule has 0 amide bonds. The highest BCUT2D eigenvalue weighted by molar-refractivity contribution is 5.72. The second kappa shape index (κ2) is 5.68. The molecule has 0 aliphatic carbocycles. The van der Waals surface area contributed by atoms with Gasteiger partial charge in [0.15, 0.2) is 0 Å². The summed E-state index contributed by atoms with van der Waals surface area (Å²) < 4.78 is 1.77. The van der Waals surface area contributed by atoms with Gasteiger partial charge in [-0.25, -0.2) is 0 Å². The molecule has 6 heteroatoms. The van der Waals surface area contributed by atoms with Crippen LogP contribution >= 0.6 is 0 Å². The van der Waals surface area contributed by atoms with Crippen molar-refractivity contribution in [2.24, 2.45) is 0 Å². The van der Waals surface area contributed by atoms with E-state index in [1.807, 2.05) is 18.3 Å². The third kappa shape index (κ3) is 2.77. The maximum atomic E-state index is 8.86. The number of anilines is 2. The molecule has 0 saturated heterocycles. The minimum atomic E-state index is 0.497. The van der Waals surface area contributed by atoms with Gasteiger partial charge in [0.1, 0.15) is 6.07 Å². The lowest BCUT2D eigenvalue weighted by atomic mass is 10.1. The van der Waals surface area contributed by atoms with E-state index in [1.54, 1.807) is 16.9 Å². The van der Waals surface area contributed by atoms with Crippen LogP contribution in [-0.2, 0) is 6.54 Å². The number of para-hydroxylation sites is 1. The number of nitrogens with zero attached hydrogens (tertiary/aromatic N) is 4. The minimum Gasteiger partial charge on any atom is -0.396 e. The Morgan fingerprint density at radius 2 is 2.33 bits per heavy atom. The van der Waals surface area contributed by atoms with Crippen LogP contribution in [0.1, 0.15) is 12.0 Å². The normalized spacial score (nSPS) is 9.94. The molecule has 2 rings (SSSR count). The van der Waals surface area contributed by atoms with E-state index in [0.717, 1.165) is 25.2 Å². The van der Waals surface area contributed by atoms with E-state index in [2.05, 4.69) is 21.7 Å². The quantitative estimate of drug-likeness (QED) is 0.607. The summed E-state index contributed by atoms with van der Waals surface area (Å²) in [7, 11) is 0. The van der Waals surface area contributed by atoms with Gasteiger partial charge in [-0.2, -0.15) is 5.26 Å². The molecule has 0 saturated carbocycles. The van der Waals surface area contributed by atoms with Crippen LogP contribution < -0.4 is 11.1 Å². The van der Waals surface area contributed by atoms with Crippen molar-refractivity contribution in [3.05, 3.63) is 36.2 Å². The van der Waals surface area contributed by atoms with Gasteiger partial charge in [-0.05, 0) is 18.6 Å². The highest BCUT2D eigenvalue weighted by Gasteiger charge is 2.03. The van der Waals surface area contributed by atoms with E-state index in [-0.39, 0.29) is 0 Å². The second-order valence-electron chi connectivity index (χ2n) is 3.83. The number of rotatable bonds is 5. The summed E-state index contributed by atoms with van der Waals surface area (Å²) in [6.07, 6.45) is 4.38. The van der Waals surface area contributed by atoms with Gasteiger partial charge in [0.2, 0.25) is 0 Å². The lowest BCUT2D eigenvalue weighted by Gasteiger charge is -2.09. The predicted octanol–water partition coefficient (Wildman–Crippen LogP) is 1.23. The van der Waals surface area contributed by atoms with E-state index < -0.39 is 0 Å². The van der Waals surface area contributed by atoms with Gasteiger partial charge in [-0.3, -0.25) is 4.68 Å². The number of hydrogen-bond acceptors (Lipinski definition) is 5. The van der Waals surface area contributed by atoms with Gasteiger partial charge in [0.25, 0.3) is 0 Å². The molecule has 1 aromatic carbocycles. The largest absolute Gasteiger partial charge is 0.396 e. The van der Waals surface area contributed by atoms with E-state index in [9.17, 15) is 0 Å². The SMILES string of the molecule is N#Cc1cccc(NCCCn2ccnn2)c1N. The summed E-state index contributed by atoms with van der Waals surface area (Å²) in [5, 5.41) is 19.7. The first-order chi connectivity index (χ1) is 8.81. The van der Waals surface area contributed by atoms with Crippen LogP contribution in [0.3, 0.4) is 0 Å². The molecular weight excluding hydrogens is 228 g/mol. The summed E-state index contributed by atoms with van der Waals surface area (Å²) in [5.41, 5.74) is 7.65. The van der Waals surface area contributed by atoms with Crippen LogP contribution in [0.15, 0.2) is 30.6 Å². The van der Waals surface area contributed by atoms with Crippen molar-refractivity contribution in [1.29, 1.82) is 5.26 Å². The molecule has 1 heterocycles. The number of nitrogens with one attached hydrogen (secondary N) is 1. The fraction of sp³-hybridized carbons (Fsp3) is 0.250. The molecule has 0 spiro atoms. The number of nitriles is 1. The Bertz CT molecular complexity index is 540. The molecular formula is C12H14N6. The van der Waals surface area contributed by atoms with Crippen LogP contribution in [0.25, 0.3) is 0 Å². The average Bonchev–Trinajstić information content (AvgIpc) is 2.89. The van der Waals surface area contributed by atoms with Crippen molar-refractivity contribution < 1.29 is 0 Å². The predicted molar refractivity (Wildman–Crippen MR) is 68.7 cm³/mol. The Balaban J connectivity index is 1.85. The third-order valence-electron chi connectivity index (χ3n) is 2.58. The summed E-state index contributed by atoms with van der Waals surface area (Å²) in [5.74, 6) is 0. The van der Waals surface area contributed by atoms with Crippen LogP contribution in [0.5, 0.6) is 0 Å². The molecule has 92 valence electrons. The van der Waals surface area contributed by atoms with Gasteiger partial charge in [0, 0.05) is 19.3 Å². The Morgan fingerprint density at radius 1 is 1.44 bits per heavy atom. The zero-order valence-electron chi connectivity index (χ0n) is 9.87. The topological polar surface area (TPSA) is 92.5 Å². The summed E-state index contributed by atoms with van der Waals surface area (Å²) >= 11 is 0. The standard InChI is InChI=1S/C12H14N6/c13-9-10-3-1-4-11(12(10)14)15-5-2-7-18-8-6-16-17-18/h1,3-4,6,8,15H,2,5,7,14H2. The molecule has 3 N–H and O–H groups in total. The van der Waals surface area contributed by atoms with Crippen molar-refractivity contribution >= 4 is 11.4 Å². The van der Waals surface area contributed by atoms with Gasteiger partial charge in [-0.15, -0.1) is 5.10 Å². The van der Waals surface area contributed by atoms with E-state index in [4.69, 9.17) is 11.0 Å². The Hall–Kier alpha value is -2.55. The number of aromatic nitrogens is 3. The number of aryl methyl sites for hydroxylation is 1. The van der Waals surface area contributed by atoms with Crippen molar-refractivity contribution in [3.8, 4) is 6.07 Å². The summed E-state index contributed by atoms with van der Waals surface area (Å²) in [4.78, 5) is 0. The smallest absolute Gasteiger partial charge is 0.101 e. The lowest BCUT2D eigenvalue weighted by molar-refractivity contribution is 0.570. The summed E-state index contributed by atoms with van der Waals surface area (Å²) in [6.45, 7) is 1.56. The van der Waals surface area contributed by atoms with Crippen LogP contribution in [0, 0.1) is 11.3 Å². The number of hydrogen-bond donors (Lipinski definition) is 2. The van der Waals surface area contributed by atoms with Crippen molar-refractivity contribution in [2.75, 3.05) is 17.6 Å². The van der Waals surface area contributed by atoms with Crippen LogP contribution in [0.2, 0.25) is 0 Å². The molecule has 0 unspecified atom stereocenters. The van der Waals surface area contributed by atoms with Gasteiger partial charge in [-0.1, -0.05) is 11.3 Å². The maximum absolute atomic E-state index is 8.86. The Kier molecular flexibility index (Phi) is 3.76. The van der Waals surface area contributed by atoms with E-state index in [1.165, 1.54) is 0 Å². The second-order valence-corrected chi connectivity index (χ2v) is 3.83. The highest BCUT2D eigenvalue weighted by Crippen LogP contribution is 2.21. The fourth-order valence-corrected chi connectivity index (χ4v) is 1.63. The molecule has 0 fully saturated rings. The molecule has 18 heavy (non-hydrogen) atoms. The van der Waals surface area contributed by atoms with Crippen molar-refractivity contribution in [1.82, 2.24) is 15.0 Å². The zero-order chi connectivity index (χ0) is 12.8. The van der Waals surface area contributed by atoms with E-state index in [0.29, 0.717) is 11.3 Å². The van der Waals surface area contributed by atoms with Gasteiger partial charge < -0.3 is 11.1 Å². The molecule has 0 bridgehead atoms. The monoisotopic (exact) mass is 242 g/mol. The first kappa shape index (κ1) is 11.9. The van der Waals surface area contributed by atoms with E-state index >= 15 is 0 Å². The lowest BCUT2D eigenvalue weighted by Crippen LogP contribution is -2.09.